The molecule has 4 nitrogen and oxygen atoms in total. The third-order valence-corrected chi connectivity index (χ3v) is 2.95. The van der Waals surface area contributed by atoms with E-state index in [1.165, 1.54) is 0 Å². The van der Waals surface area contributed by atoms with Crippen molar-refractivity contribution in [3.8, 4) is 5.75 Å². The van der Waals surface area contributed by atoms with Gasteiger partial charge in [0.2, 0.25) is 0 Å². The lowest BCUT2D eigenvalue weighted by Gasteiger charge is -2.09. The second-order valence-electron chi connectivity index (χ2n) is 4.19. The van der Waals surface area contributed by atoms with Gasteiger partial charge in [-0.05, 0) is 42.0 Å². The largest absolute Gasteiger partial charge is 0.488 e. The van der Waals surface area contributed by atoms with Gasteiger partial charge in [0.1, 0.15) is 12.4 Å². The van der Waals surface area contributed by atoms with E-state index >= 15 is 0 Å². The van der Waals surface area contributed by atoms with Crippen molar-refractivity contribution in [1.29, 1.82) is 0 Å². The zero-order valence-corrected chi connectivity index (χ0v) is 12.7. The quantitative estimate of drug-likeness (QED) is 0.505. The molecular formula is C15H14ClN3OS. The summed E-state index contributed by atoms with van der Waals surface area (Å²) < 4.78 is 5.79. The average molecular weight is 320 g/mol. The fourth-order valence-electron chi connectivity index (χ4n) is 1.63. The van der Waals surface area contributed by atoms with Crippen molar-refractivity contribution in [2.75, 3.05) is 0 Å². The zero-order valence-electron chi connectivity index (χ0n) is 11.1. The van der Waals surface area contributed by atoms with Gasteiger partial charge in [-0.3, -0.25) is 5.43 Å². The molecule has 0 heterocycles. The molecule has 3 N–H and O–H groups in total. The molecule has 0 saturated heterocycles. The lowest BCUT2D eigenvalue weighted by atomic mass is 10.2. The molecule has 2 aromatic rings. The monoisotopic (exact) mass is 319 g/mol. The third-order valence-electron chi connectivity index (χ3n) is 2.60. The first-order valence-corrected chi connectivity index (χ1v) is 6.98. The predicted molar refractivity (Wildman–Crippen MR) is 89.7 cm³/mol. The lowest BCUT2D eigenvalue weighted by molar-refractivity contribution is 0.306. The van der Waals surface area contributed by atoms with Gasteiger partial charge in [-0.15, -0.1) is 0 Å². The number of hydrogen-bond donors (Lipinski definition) is 2. The van der Waals surface area contributed by atoms with Gasteiger partial charge in [-0.1, -0.05) is 35.9 Å². The summed E-state index contributed by atoms with van der Waals surface area (Å²) in [7, 11) is 0. The molecule has 0 atom stereocenters. The van der Waals surface area contributed by atoms with Crippen LogP contribution in [-0.2, 0) is 6.61 Å². The first-order valence-electron chi connectivity index (χ1n) is 6.20. The number of hydrazone groups is 1. The summed E-state index contributed by atoms with van der Waals surface area (Å²) >= 11 is 10.5. The van der Waals surface area contributed by atoms with Crippen molar-refractivity contribution < 1.29 is 4.74 Å². The molecule has 2 rings (SSSR count). The maximum absolute atomic E-state index is 5.85. The molecule has 0 radical (unpaired) electrons. The highest BCUT2D eigenvalue weighted by Gasteiger charge is 2.01. The zero-order chi connectivity index (χ0) is 15.1. The van der Waals surface area contributed by atoms with Crippen LogP contribution in [0.15, 0.2) is 53.6 Å². The first-order chi connectivity index (χ1) is 10.1. The number of nitrogens with one attached hydrogen (secondary N) is 1. The van der Waals surface area contributed by atoms with Crippen LogP contribution in [-0.4, -0.2) is 11.3 Å². The summed E-state index contributed by atoms with van der Waals surface area (Å²) in [6.45, 7) is 0.449. The van der Waals surface area contributed by atoms with Crippen LogP contribution in [0.1, 0.15) is 11.1 Å². The topological polar surface area (TPSA) is 59.6 Å². The summed E-state index contributed by atoms with van der Waals surface area (Å²) in [6, 6.07) is 15.1. The Labute approximate surface area is 133 Å². The van der Waals surface area contributed by atoms with Crippen LogP contribution in [0, 0.1) is 0 Å². The lowest BCUT2D eigenvalue weighted by Crippen LogP contribution is -2.24. The van der Waals surface area contributed by atoms with Crippen LogP contribution >= 0.6 is 23.8 Å². The minimum atomic E-state index is 0.116. The Kier molecular flexibility index (Phi) is 5.54. The third kappa shape index (κ3) is 5.06. The maximum atomic E-state index is 5.85. The van der Waals surface area contributed by atoms with E-state index in [0.29, 0.717) is 11.6 Å². The van der Waals surface area contributed by atoms with Crippen LogP contribution in [0.4, 0.5) is 0 Å². The van der Waals surface area contributed by atoms with Gasteiger partial charge >= 0.3 is 0 Å². The van der Waals surface area contributed by atoms with E-state index in [4.69, 9.17) is 22.1 Å². The molecule has 0 aromatic heterocycles. The van der Waals surface area contributed by atoms with E-state index in [0.717, 1.165) is 16.9 Å². The van der Waals surface area contributed by atoms with Gasteiger partial charge in [-0.25, -0.2) is 0 Å². The minimum Gasteiger partial charge on any atom is -0.488 e. The number of benzene rings is 2. The molecule has 0 unspecified atom stereocenters. The van der Waals surface area contributed by atoms with Crippen molar-refractivity contribution in [3.05, 3.63) is 64.7 Å². The summed E-state index contributed by atoms with van der Waals surface area (Å²) in [5.41, 5.74) is 9.68. The normalized spacial score (nSPS) is 10.5. The molecule has 0 saturated carbocycles. The number of thiocarbonyl (C=S) groups is 1. The SMILES string of the molecule is NC(=S)N/N=C/c1ccccc1OCc1ccc(Cl)cc1. The fourth-order valence-corrected chi connectivity index (χ4v) is 1.80. The van der Waals surface area contributed by atoms with Crippen molar-refractivity contribution >= 4 is 35.1 Å². The van der Waals surface area contributed by atoms with Gasteiger partial charge in [-0.2, -0.15) is 5.10 Å². The average Bonchev–Trinajstić information content (AvgIpc) is 2.47. The molecule has 0 amide bonds. The summed E-state index contributed by atoms with van der Waals surface area (Å²) in [4.78, 5) is 0. The van der Waals surface area contributed by atoms with Crippen LogP contribution < -0.4 is 15.9 Å². The van der Waals surface area contributed by atoms with Gasteiger partial charge in [0.15, 0.2) is 5.11 Å². The van der Waals surface area contributed by atoms with Gasteiger partial charge in [0, 0.05) is 10.6 Å². The molecule has 0 aliphatic heterocycles. The van der Waals surface area contributed by atoms with Crippen LogP contribution in [0.2, 0.25) is 5.02 Å². The van der Waals surface area contributed by atoms with Crippen molar-refractivity contribution in [1.82, 2.24) is 5.43 Å². The number of ether oxygens (including phenoxy) is 1. The van der Waals surface area contributed by atoms with Crippen molar-refractivity contribution in [2.24, 2.45) is 10.8 Å². The Bertz CT molecular complexity index is 644. The Balaban J connectivity index is 2.04. The van der Waals surface area contributed by atoms with Crippen molar-refractivity contribution in [2.45, 2.75) is 6.61 Å². The minimum absolute atomic E-state index is 0.116. The Morgan fingerprint density at radius 3 is 2.67 bits per heavy atom. The van der Waals surface area contributed by atoms with E-state index in [1.54, 1.807) is 6.21 Å². The van der Waals surface area contributed by atoms with Crippen LogP contribution in [0.3, 0.4) is 0 Å². The standard InChI is InChI=1S/C15H14ClN3OS/c16-13-7-5-11(6-8-13)10-20-14-4-2-1-3-12(14)9-18-19-15(17)21/h1-9H,10H2,(H3,17,19,21)/b18-9+. The maximum Gasteiger partial charge on any atom is 0.184 e. The molecule has 2 aromatic carbocycles. The van der Waals surface area contributed by atoms with Crippen molar-refractivity contribution in [3.63, 3.8) is 0 Å². The van der Waals surface area contributed by atoms with Gasteiger partial charge in [0.25, 0.3) is 0 Å². The Morgan fingerprint density at radius 1 is 1.24 bits per heavy atom. The summed E-state index contributed by atoms with van der Waals surface area (Å²) in [6.07, 6.45) is 1.61. The van der Waals surface area contributed by atoms with E-state index < -0.39 is 0 Å². The number of halogens is 1. The molecular weight excluding hydrogens is 306 g/mol. The highest BCUT2D eigenvalue weighted by atomic mass is 35.5. The molecule has 108 valence electrons. The summed E-state index contributed by atoms with van der Waals surface area (Å²) in [5.74, 6) is 0.723. The second-order valence-corrected chi connectivity index (χ2v) is 5.06. The molecule has 6 heteroatoms. The molecule has 21 heavy (non-hydrogen) atoms. The second kappa shape index (κ2) is 7.61. The van der Waals surface area contributed by atoms with Crippen LogP contribution in [0.25, 0.3) is 0 Å². The van der Waals surface area contributed by atoms with E-state index in [9.17, 15) is 0 Å². The first kappa shape index (κ1) is 15.3. The number of hydrogen-bond acceptors (Lipinski definition) is 3. The summed E-state index contributed by atoms with van der Waals surface area (Å²) in [5, 5.41) is 4.75. The molecule has 0 fully saturated rings. The number of nitrogens with zero attached hydrogens (tertiary/aromatic N) is 1. The number of nitrogens with two attached hydrogens (primary N) is 1. The Morgan fingerprint density at radius 2 is 1.95 bits per heavy atom. The highest BCUT2D eigenvalue weighted by molar-refractivity contribution is 7.80. The Hall–Kier alpha value is -2.11. The van der Waals surface area contributed by atoms with Crippen LogP contribution in [0.5, 0.6) is 5.75 Å². The molecule has 0 spiro atoms. The highest BCUT2D eigenvalue weighted by Crippen LogP contribution is 2.18. The fraction of sp³-hybridized carbons (Fsp3) is 0.0667. The molecule has 0 aliphatic carbocycles. The molecule has 0 aliphatic rings. The number of para-hydroxylation sites is 1. The van der Waals surface area contributed by atoms with E-state index in [-0.39, 0.29) is 5.11 Å². The van der Waals surface area contributed by atoms with Gasteiger partial charge in [0.05, 0.1) is 6.21 Å². The van der Waals surface area contributed by atoms with Gasteiger partial charge < -0.3 is 10.5 Å². The number of rotatable bonds is 5. The smallest absolute Gasteiger partial charge is 0.184 e. The molecule has 0 bridgehead atoms. The van der Waals surface area contributed by atoms with E-state index in [2.05, 4.69) is 22.7 Å². The van der Waals surface area contributed by atoms with E-state index in [1.807, 2.05) is 48.5 Å². The predicted octanol–water partition coefficient (Wildman–Crippen LogP) is 3.09.